The van der Waals surface area contributed by atoms with Crippen LogP contribution >= 0.6 is 11.6 Å². The quantitative estimate of drug-likeness (QED) is 0.205. The van der Waals surface area contributed by atoms with Gasteiger partial charge in [0.15, 0.2) is 6.29 Å². The molecule has 2 aliphatic rings. The van der Waals surface area contributed by atoms with Gasteiger partial charge in [0.2, 0.25) is 5.91 Å². The van der Waals surface area contributed by atoms with Crippen molar-refractivity contribution >= 4 is 23.4 Å². The molecule has 2 aromatic heterocycles. The number of carbonyl (C=O) groups is 2. The van der Waals surface area contributed by atoms with Crippen LogP contribution in [0, 0.1) is 11.7 Å². The van der Waals surface area contributed by atoms with E-state index in [-0.39, 0.29) is 76.8 Å². The molecule has 1 atom stereocenters. The molecule has 2 aromatic carbocycles. The number of carbonyl (C=O) groups excluding carboxylic acids is 2. The predicted molar refractivity (Wildman–Crippen MR) is 151 cm³/mol. The average molecular weight is 647 g/mol. The van der Waals surface area contributed by atoms with Gasteiger partial charge in [-0.1, -0.05) is 35.0 Å². The smallest absolute Gasteiger partial charge is 0.364 e. The van der Waals surface area contributed by atoms with Crippen LogP contribution in [0.3, 0.4) is 0 Å². The lowest BCUT2D eigenvalue weighted by molar-refractivity contribution is -0.160. The number of aliphatic hydroxyl groups is 2. The first kappa shape index (κ1) is 30.9. The molecule has 6 rings (SSSR count). The zero-order valence-corrected chi connectivity index (χ0v) is 24.6. The van der Waals surface area contributed by atoms with Crippen LogP contribution in [-0.2, 0) is 29.6 Å². The molecule has 1 fully saturated rings. The minimum absolute atomic E-state index is 0.00464. The number of halogens is 5. The summed E-state index contributed by atoms with van der Waals surface area (Å²) in [5, 5.41) is 27.0. The first-order valence-corrected chi connectivity index (χ1v) is 14.5. The fourth-order valence-corrected chi connectivity index (χ4v) is 6.37. The molecule has 4 aromatic rings. The van der Waals surface area contributed by atoms with Crippen molar-refractivity contribution in [3.8, 4) is 11.3 Å². The van der Waals surface area contributed by atoms with E-state index in [9.17, 15) is 33.0 Å². The van der Waals surface area contributed by atoms with Gasteiger partial charge in [-0.05, 0) is 49.4 Å². The monoisotopic (exact) mass is 646 g/mol. The van der Waals surface area contributed by atoms with E-state index in [0.29, 0.717) is 17.7 Å². The molecule has 1 unspecified atom stereocenters. The molecule has 1 saturated carbocycles. The Kier molecular flexibility index (Phi) is 7.82. The van der Waals surface area contributed by atoms with Gasteiger partial charge >= 0.3 is 6.18 Å². The number of hydrogen-bond donors (Lipinski definition) is 2. The van der Waals surface area contributed by atoms with Gasteiger partial charge in [-0.25, -0.2) is 4.39 Å². The third-order valence-electron chi connectivity index (χ3n) is 8.66. The maximum Gasteiger partial charge on any atom is 0.398 e. The first-order chi connectivity index (χ1) is 21.3. The molecule has 1 amide bonds. The first-order valence-electron chi connectivity index (χ1n) is 14.1. The van der Waals surface area contributed by atoms with E-state index in [2.05, 4.69) is 10.3 Å². The molecule has 0 bridgehead atoms. The van der Waals surface area contributed by atoms with E-state index in [1.807, 2.05) is 0 Å². The van der Waals surface area contributed by atoms with E-state index in [1.54, 1.807) is 13.1 Å². The van der Waals surface area contributed by atoms with Crippen molar-refractivity contribution in [1.29, 1.82) is 0 Å². The second-order valence-corrected chi connectivity index (χ2v) is 11.9. The molecule has 9 nitrogen and oxygen atoms in total. The predicted octanol–water partition coefficient (Wildman–Crippen LogP) is 5.36. The minimum atomic E-state index is -4.63. The lowest BCUT2D eigenvalue weighted by atomic mass is 9.84. The van der Waals surface area contributed by atoms with Crippen molar-refractivity contribution in [2.24, 2.45) is 5.92 Å². The number of nitrogens with zero attached hydrogens (tertiary/aromatic N) is 4. The highest BCUT2D eigenvalue weighted by Gasteiger charge is 2.65. The van der Waals surface area contributed by atoms with Gasteiger partial charge in [-0.2, -0.15) is 23.0 Å². The number of fused-ring (bicyclic) bond motifs is 1. The molecule has 2 aliphatic carbocycles. The van der Waals surface area contributed by atoms with Crippen LogP contribution in [0.1, 0.15) is 64.0 Å². The van der Waals surface area contributed by atoms with Gasteiger partial charge < -0.3 is 19.6 Å². The SMILES string of the molecule is CN(Cc1ccon1)C(=O)C1CCc2c(-c3ccc(C(O)O)cc3F)nn(C(=O)c3c(Cl)cccc3C3(C(F)(F)F)CC3)c2C1. The second kappa shape index (κ2) is 11.4. The summed E-state index contributed by atoms with van der Waals surface area (Å²) in [7, 11) is 1.59. The van der Waals surface area contributed by atoms with Crippen LogP contribution < -0.4 is 0 Å². The van der Waals surface area contributed by atoms with E-state index >= 15 is 4.39 Å². The van der Waals surface area contributed by atoms with Crippen molar-refractivity contribution in [3.05, 3.63) is 93.2 Å². The van der Waals surface area contributed by atoms with Crippen LogP contribution in [0.25, 0.3) is 11.3 Å². The minimum Gasteiger partial charge on any atom is -0.364 e. The summed E-state index contributed by atoms with van der Waals surface area (Å²) in [5.41, 5.74) is -1.72. The summed E-state index contributed by atoms with van der Waals surface area (Å²) in [6.45, 7) is 0.166. The van der Waals surface area contributed by atoms with Gasteiger partial charge in [0, 0.05) is 42.1 Å². The topological polar surface area (TPSA) is 122 Å². The number of amides is 1. The van der Waals surface area contributed by atoms with Gasteiger partial charge in [0.25, 0.3) is 5.91 Å². The Hall–Kier alpha value is -4.07. The van der Waals surface area contributed by atoms with Crippen molar-refractivity contribution in [3.63, 3.8) is 0 Å². The molecular weight excluding hydrogens is 620 g/mol. The molecule has 2 heterocycles. The van der Waals surface area contributed by atoms with Crippen LogP contribution in [0.15, 0.2) is 53.3 Å². The van der Waals surface area contributed by atoms with E-state index < -0.39 is 35.5 Å². The Morgan fingerprint density at radius 2 is 1.96 bits per heavy atom. The summed E-state index contributed by atoms with van der Waals surface area (Å²) in [4.78, 5) is 29.2. The number of aliphatic hydroxyl groups excluding tert-OH is 1. The third-order valence-corrected chi connectivity index (χ3v) is 8.98. The van der Waals surface area contributed by atoms with Crippen LogP contribution in [0.4, 0.5) is 17.6 Å². The van der Waals surface area contributed by atoms with Crippen LogP contribution in [0.2, 0.25) is 5.02 Å². The summed E-state index contributed by atoms with van der Waals surface area (Å²) in [6.07, 6.45) is -5.06. The number of aromatic nitrogens is 3. The van der Waals surface area contributed by atoms with Crippen LogP contribution in [0.5, 0.6) is 0 Å². The second-order valence-electron chi connectivity index (χ2n) is 11.5. The summed E-state index contributed by atoms with van der Waals surface area (Å²) in [6, 6.07) is 9.04. The highest BCUT2D eigenvalue weighted by atomic mass is 35.5. The van der Waals surface area contributed by atoms with Crippen molar-refractivity contribution in [2.45, 2.75) is 56.5 Å². The maximum atomic E-state index is 15.3. The molecule has 45 heavy (non-hydrogen) atoms. The highest BCUT2D eigenvalue weighted by molar-refractivity contribution is 6.34. The average Bonchev–Trinajstić information content (AvgIpc) is 3.52. The summed E-state index contributed by atoms with van der Waals surface area (Å²) >= 11 is 6.41. The zero-order valence-electron chi connectivity index (χ0n) is 23.8. The van der Waals surface area contributed by atoms with E-state index in [0.717, 1.165) is 10.7 Å². The number of benzene rings is 2. The summed E-state index contributed by atoms with van der Waals surface area (Å²) in [5.74, 6) is -2.66. The molecule has 236 valence electrons. The molecule has 0 radical (unpaired) electrons. The molecule has 0 spiro atoms. The summed E-state index contributed by atoms with van der Waals surface area (Å²) < 4.78 is 63.8. The van der Waals surface area contributed by atoms with E-state index in [1.165, 1.54) is 41.5 Å². The van der Waals surface area contributed by atoms with Crippen molar-refractivity contribution in [1.82, 2.24) is 19.8 Å². The maximum absolute atomic E-state index is 15.3. The lowest BCUT2D eigenvalue weighted by Crippen LogP contribution is -2.36. The zero-order chi connectivity index (χ0) is 32.3. The molecule has 14 heteroatoms. The number of hydrogen-bond acceptors (Lipinski definition) is 7. The fraction of sp³-hybridized carbons (Fsp3) is 0.355. The van der Waals surface area contributed by atoms with Crippen molar-refractivity contribution < 1.29 is 41.9 Å². The van der Waals surface area contributed by atoms with Crippen molar-refractivity contribution in [2.75, 3.05) is 7.05 Å². The molecule has 0 saturated heterocycles. The standard InChI is InChI=1S/C31H27ClF4N4O5/c1-39(15-18-9-12-45-38-18)27(41)16-5-8-20-24(14-16)40(37-26(20)19-7-6-17(29(43)44)13-23(19)33)28(42)25-21(3-2-4-22(25)32)30(10-11-30)31(34,35)36/h2-4,6-7,9,12-13,16,29,43-44H,5,8,10-11,14-15H2,1H3. The lowest BCUT2D eigenvalue weighted by Gasteiger charge is -2.27. The Morgan fingerprint density at radius 3 is 2.58 bits per heavy atom. The molecular formula is C31H27ClF4N4O5. The van der Waals surface area contributed by atoms with Gasteiger partial charge in [0.1, 0.15) is 17.8 Å². The van der Waals surface area contributed by atoms with Gasteiger partial charge in [-0.15, -0.1) is 0 Å². The number of rotatable bonds is 7. The molecule has 0 aliphatic heterocycles. The Bertz CT molecular complexity index is 1780. The van der Waals surface area contributed by atoms with E-state index in [4.69, 9.17) is 16.1 Å². The Labute approximate surface area is 259 Å². The normalized spacial score (nSPS) is 17.3. The number of alkyl halides is 3. The fourth-order valence-electron chi connectivity index (χ4n) is 6.12. The Balaban J connectivity index is 1.45. The van der Waals surface area contributed by atoms with Gasteiger partial charge in [0.05, 0.1) is 33.9 Å². The van der Waals surface area contributed by atoms with Gasteiger partial charge in [-0.3, -0.25) is 9.59 Å². The van der Waals surface area contributed by atoms with Crippen LogP contribution in [-0.4, -0.2) is 55.1 Å². The third kappa shape index (κ3) is 5.42. The highest BCUT2D eigenvalue weighted by Crippen LogP contribution is 2.60. The molecule has 2 N–H and O–H groups in total. The largest absolute Gasteiger partial charge is 0.398 e. The Morgan fingerprint density at radius 1 is 1.20 bits per heavy atom.